The summed E-state index contributed by atoms with van der Waals surface area (Å²) in [6.45, 7) is 11.2. The van der Waals surface area contributed by atoms with Gasteiger partial charge in [-0.1, -0.05) is 49.1 Å². The Balaban J connectivity index is 4.70. The van der Waals surface area contributed by atoms with E-state index in [1.165, 1.54) is 7.11 Å². The largest absolute Gasteiger partial charge is 0.468 e. The predicted octanol–water partition coefficient (Wildman–Crippen LogP) is 5.16. The topological polar surface area (TPSA) is 26.3 Å². The maximum Gasteiger partial charge on any atom is 0.319 e. The third kappa shape index (κ3) is 7.50. The molecule has 0 heterocycles. The van der Waals surface area contributed by atoms with Crippen LogP contribution in [0.3, 0.4) is 0 Å². The zero-order valence-electron chi connectivity index (χ0n) is 13.2. The Morgan fingerprint density at radius 2 is 1.81 bits per heavy atom. The van der Waals surface area contributed by atoms with Gasteiger partial charge in [0.25, 0.3) is 0 Å². The van der Waals surface area contributed by atoms with Crippen molar-refractivity contribution in [3.63, 3.8) is 0 Å². The van der Waals surface area contributed by atoms with Crippen LogP contribution in [-0.2, 0) is 9.53 Å². The number of methoxy groups -OCH3 is 1. The second-order valence-electron chi connectivity index (χ2n) is 4.91. The van der Waals surface area contributed by atoms with Crippen LogP contribution in [0.2, 0.25) is 0 Å². The molecule has 1 atom stereocenters. The second kappa shape index (κ2) is 12.0. The van der Waals surface area contributed by atoms with E-state index in [2.05, 4.69) is 19.7 Å². The Labute approximate surface area is 129 Å². The van der Waals surface area contributed by atoms with Crippen LogP contribution >= 0.6 is 0 Å². The van der Waals surface area contributed by atoms with Gasteiger partial charge in [0.05, 0.1) is 7.11 Å². The molecule has 0 aromatic heterocycles. The van der Waals surface area contributed by atoms with E-state index in [0.29, 0.717) is 6.42 Å². The molecule has 0 saturated heterocycles. The first-order valence-corrected chi connectivity index (χ1v) is 7.45. The van der Waals surface area contributed by atoms with Gasteiger partial charge in [-0.25, -0.2) is 0 Å². The molecule has 0 aliphatic carbocycles. The van der Waals surface area contributed by atoms with E-state index in [9.17, 15) is 4.79 Å². The summed E-state index contributed by atoms with van der Waals surface area (Å²) in [5.41, 5.74) is -0.717. The van der Waals surface area contributed by atoms with Crippen LogP contribution < -0.4 is 0 Å². The van der Waals surface area contributed by atoms with Crippen molar-refractivity contribution < 1.29 is 9.53 Å². The smallest absolute Gasteiger partial charge is 0.319 e. The van der Waals surface area contributed by atoms with Crippen molar-refractivity contribution in [1.82, 2.24) is 0 Å². The van der Waals surface area contributed by atoms with Gasteiger partial charge >= 0.3 is 5.97 Å². The lowest BCUT2D eigenvalue weighted by atomic mass is 9.82. The van der Waals surface area contributed by atoms with Crippen LogP contribution in [0.4, 0.5) is 0 Å². The van der Waals surface area contributed by atoms with Crippen molar-refractivity contribution in [2.75, 3.05) is 7.11 Å². The number of esters is 1. The molecule has 0 aliphatic rings. The van der Waals surface area contributed by atoms with Crippen molar-refractivity contribution >= 4 is 5.97 Å². The van der Waals surface area contributed by atoms with Crippen molar-refractivity contribution in [2.24, 2.45) is 5.41 Å². The number of hydrogen-bond acceptors (Lipinski definition) is 2. The molecule has 1 unspecified atom stereocenters. The van der Waals surface area contributed by atoms with Gasteiger partial charge in [0, 0.05) is 0 Å². The lowest BCUT2D eigenvalue weighted by Crippen LogP contribution is -2.28. The normalized spacial score (nSPS) is 14.0. The fraction of sp³-hybridized carbons (Fsp3) is 0.421. The predicted molar refractivity (Wildman–Crippen MR) is 91.0 cm³/mol. The highest BCUT2D eigenvalue weighted by molar-refractivity contribution is 5.81. The van der Waals surface area contributed by atoms with Crippen LogP contribution in [0.5, 0.6) is 0 Å². The number of unbranched alkanes of at least 4 members (excludes halogenated alkanes) is 3. The molecule has 0 bridgehead atoms. The highest BCUT2D eigenvalue weighted by Gasteiger charge is 2.32. The molecule has 0 radical (unpaired) electrons. The third-order valence-electron chi connectivity index (χ3n) is 3.36. The standard InChI is InChI=1S/C19H28O2/c1-5-8-10-12-14-16-19(7-3,18(20)21-4)17-15-13-11-9-6-2/h5-8,10,15,17H,1-3,9,11-14,16H2,4H3. The molecular formula is C19H28O2. The van der Waals surface area contributed by atoms with Gasteiger partial charge in [-0.05, 0) is 38.5 Å². The fourth-order valence-electron chi connectivity index (χ4n) is 2.08. The molecule has 116 valence electrons. The van der Waals surface area contributed by atoms with E-state index in [-0.39, 0.29) is 5.97 Å². The number of carbonyl (C=O) groups is 1. The first kappa shape index (κ1) is 19.2. The molecule has 0 saturated carbocycles. The van der Waals surface area contributed by atoms with E-state index < -0.39 is 5.41 Å². The first-order chi connectivity index (χ1) is 10.2. The maximum absolute atomic E-state index is 12.1. The van der Waals surface area contributed by atoms with Crippen LogP contribution in [0, 0.1) is 5.41 Å². The maximum atomic E-state index is 12.1. The minimum atomic E-state index is -0.717. The van der Waals surface area contributed by atoms with Crippen LogP contribution in [0.1, 0.15) is 38.5 Å². The third-order valence-corrected chi connectivity index (χ3v) is 3.36. The van der Waals surface area contributed by atoms with Gasteiger partial charge in [0.15, 0.2) is 0 Å². The highest BCUT2D eigenvalue weighted by atomic mass is 16.5. The molecule has 2 nitrogen and oxygen atoms in total. The number of hydrogen-bond donors (Lipinski definition) is 0. The van der Waals surface area contributed by atoms with Gasteiger partial charge in [0.1, 0.15) is 5.41 Å². The lowest BCUT2D eigenvalue weighted by molar-refractivity contribution is -0.147. The second-order valence-corrected chi connectivity index (χ2v) is 4.91. The minimum Gasteiger partial charge on any atom is -0.468 e. The van der Waals surface area contributed by atoms with Crippen LogP contribution in [0.25, 0.3) is 0 Å². The molecule has 0 rings (SSSR count). The average Bonchev–Trinajstić information content (AvgIpc) is 2.52. The number of carbonyl (C=O) groups excluding carboxylic acids is 1. The summed E-state index contributed by atoms with van der Waals surface area (Å²) >= 11 is 0. The SMILES string of the molecule is C=CC=CCCCC(C=C)(C=CCCCC=C)C(=O)OC. The van der Waals surface area contributed by atoms with Gasteiger partial charge < -0.3 is 4.74 Å². The van der Waals surface area contributed by atoms with Crippen molar-refractivity contribution in [2.45, 2.75) is 38.5 Å². The quantitative estimate of drug-likeness (QED) is 0.215. The van der Waals surface area contributed by atoms with Gasteiger partial charge in [0.2, 0.25) is 0 Å². The van der Waals surface area contributed by atoms with E-state index >= 15 is 0 Å². The molecule has 0 spiro atoms. The van der Waals surface area contributed by atoms with Crippen LogP contribution in [-0.4, -0.2) is 13.1 Å². The number of rotatable bonds is 12. The molecule has 0 amide bonds. The summed E-state index contributed by atoms with van der Waals surface area (Å²) in [5.74, 6) is -0.245. The van der Waals surface area contributed by atoms with E-state index in [4.69, 9.17) is 4.74 Å². The summed E-state index contributed by atoms with van der Waals surface area (Å²) in [6, 6.07) is 0. The summed E-state index contributed by atoms with van der Waals surface area (Å²) in [4.78, 5) is 12.1. The fourth-order valence-corrected chi connectivity index (χ4v) is 2.08. The Kier molecular flexibility index (Phi) is 10.9. The lowest BCUT2D eigenvalue weighted by Gasteiger charge is -2.23. The Morgan fingerprint density at radius 3 is 2.38 bits per heavy atom. The molecule has 2 heteroatoms. The average molecular weight is 288 g/mol. The Bertz CT molecular complexity index is 390. The van der Waals surface area contributed by atoms with E-state index in [1.807, 2.05) is 30.4 Å². The monoisotopic (exact) mass is 288 g/mol. The molecule has 0 aromatic carbocycles. The highest BCUT2D eigenvalue weighted by Crippen LogP contribution is 2.30. The first-order valence-electron chi connectivity index (χ1n) is 7.45. The summed E-state index contributed by atoms with van der Waals surface area (Å²) in [7, 11) is 1.42. The minimum absolute atomic E-state index is 0.245. The van der Waals surface area contributed by atoms with Gasteiger partial charge in [-0.3, -0.25) is 4.79 Å². The Hall–Kier alpha value is -1.83. The van der Waals surface area contributed by atoms with Crippen molar-refractivity contribution in [3.8, 4) is 0 Å². The molecule has 0 N–H and O–H groups in total. The van der Waals surface area contributed by atoms with Crippen molar-refractivity contribution in [1.29, 1.82) is 0 Å². The Morgan fingerprint density at radius 1 is 1.10 bits per heavy atom. The number of allylic oxidation sites excluding steroid dienone is 5. The van der Waals surface area contributed by atoms with E-state index in [1.54, 1.807) is 12.2 Å². The zero-order valence-corrected chi connectivity index (χ0v) is 13.2. The van der Waals surface area contributed by atoms with Crippen molar-refractivity contribution in [3.05, 3.63) is 62.3 Å². The molecule has 21 heavy (non-hydrogen) atoms. The van der Waals surface area contributed by atoms with Gasteiger partial charge in [-0.15, -0.1) is 13.2 Å². The summed E-state index contributed by atoms with van der Waals surface area (Å²) in [5, 5.41) is 0. The molecular weight excluding hydrogens is 260 g/mol. The molecule has 0 aliphatic heterocycles. The molecule has 0 aromatic rings. The zero-order chi connectivity index (χ0) is 16.0. The summed E-state index contributed by atoms with van der Waals surface area (Å²) in [6.07, 6.45) is 18.7. The molecule has 0 fully saturated rings. The number of ether oxygens (including phenoxy) is 1. The van der Waals surface area contributed by atoms with Crippen LogP contribution in [0.15, 0.2) is 62.3 Å². The van der Waals surface area contributed by atoms with Gasteiger partial charge in [-0.2, -0.15) is 0 Å². The summed E-state index contributed by atoms with van der Waals surface area (Å²) < 4.78 is 4.95. The van der Waals surface area contributed by atoms with E-state index in [0.717, 1.165) is 32.1 Å².